The number of carbonyl (C=O) groups excluding carboxylic acids is 1. The van der Waals surface area contributed by atoms with Crippen LogP contribution in [-0.2, 0) is 9.59 Å². The number of alkyl halides is 1. The van der Waals surface area contributed by atoms with Crippen molar-refractivity contribution < 1.29 is 23.8 Å². The van der Waals surface area contributed by atoms with Crippen LogP contribution in [-0.4, -0.2) is 40.6 Å². The van der Waals surface area contributed by atoms with Crippen LogP contribution >= 0.6 is 0 Å². The number of aliphatic carboxylic acids is 1. The van der Waals surface area contributed by atoms with Gasteiger partial charge in [0.05, 0.1) is 6.54 Å². The quantitative estimate of drug-likeness (QED) is 0.906. The molecule has 1 amide bonds. The van der Waals surface area contributed by atoms with E-state index in [4.69, 9.17) is 9.84 Å². The molecule has 0 spiro atoms. The van der Waals surface area contributed by atoms with Crippen LogP contribution in [0.15, 0.2) is 60.7 Å². The lowest BCUT2D eigenvalue weighted by Gasteiger charge is -2.25. The van der Waals surface area contributed by atoms with Crippen LogP contribution in [0.5, 0.6) is 5.75 Å². The molecule has 2 unspecified atom stereocenters. The third kappa shape index (κ3) is 3.63. The van der Waals surface area contributed by atoms with Crippen molar-refractivity contribution in [2.45, 2.75) is 18.2 Å². The molecule has 1 aliphatic rings. The molecule has 0 aromatic heterocycles. The van der Waals surface area contributed by atoms with Crippen molar-refractivity contribution in [2.75, 3.05) is 13.1 Å². The average Bonchev–Trinajstić information content (AvgIpc) is 3.05. The number of hydrogen-bond acceptors (Lipinski definition) is 3. The standard InChI is InChI=1S/C19H18FNO4/c20-19(18(23)24)11-12-21(13-19)17(22)16(14-7-3-1-4-8-14)25-15-9-5-2-6-10-15/h1-10,16H,11-13H2,(H,23,24). The summed E-state index contributed by atoms with van der Waals surface area (Å²) in [6.07, 6.45) is -1.18. The van der Waals surface area contributed by atoms with Gasteiger partial charge in [0, 0.05) is 18.5 Å². The van der Waals surface area contributed by atoms with Crippen LogP contribution in [0.3, 0.4) is 0 Å². The Morgan fingerprint density at radius 2 is 1.68 bits per heavy atom. The van der Waals surface area contributed by atoms with Crippen molar-refractivity contribution in [1.82, 2.24) is 4.90 Å². The molecule has 5 nitrogen and oxygen atoms in total. The molecule has 0 bridgehead atoms. The molecule has 3 rings (SSSR count). The predicted molar refractivity (Wildman–Crippen MR) is 88.9 cm³/mol. The molecule has 1 aliphatic heterocycles. The number of para-hydroxylation sites is 1. The summed E-state index contributed by atoms with van der Waals surface area (Å²) in [6.45, 7) is -0.425. The summed E-state index contributed by atoms with van der Waals surface area (Å²) in [7, 11) is 0. The first-order valence-corrected chi connectivity index (χ1v) is 7.97. The molecule has 2 aromatic rings. The smallest absolute Gasteiger partial charge is 0.343 e. The van der Waals surface area contributed by atoms with Gasteiger partial charge in [0.25, 0.3) is 5.91 Å². The second-order valence-corrected chi connectivity index (χ2v) is 6.00. The van der Waals surface area contributed by atoms with Gasteiger partial charge in [-0.1, -0.05) is 48.5 Å². The zero-order chi connectivity index (χ0) is 17.9. The van der Waals surface area contributed by atoms with Gasteiger partial charge in [-0.15, -0.1) is 0 Å². The molecule has 2 aromatic carbocycles. The van der Waals surface area contributed by atoms with Gasteiger partial charge in [-0.25, -0.2) is 9.18 Å². The van der Waals surface area contributed by atoms with Gasteiger partial charge in [-0.3, -0.25) is 4.79 Å². The predicted octanol–water partition coefficient (Wildman–Crippen LogP) is 2.83. The Morgan fingerprint density at radius 1 is 1.08 bits per heavy atom. The van der Waals surface area contributed by atoms with Gasteiger partial charge >= 0.3 is 5.97 Å². The summed E-state index contributed by atoms with van der Waals surface area (Å²) in [6, 6.07) is 17.7. The normalized spacial score (nSPS) is 20.9. The molecule has 0 radical (unpaired) electrons. The molecule has 1 heterocycles. The average molecular weight is 343 g/mol. The number of ether oxygens (including phenoxy) is 1. The number of hydrogen-bond donors (Lipinski definition) is 1. The lowest BCUT2D eigenvalue weighted by atomic mass is 10.1. The van der Waals surface area contributed by atoms with Gasteiger partial charge in [0.15, 0.2) is 0 Å². The Morgan fingerprint density at radius 3 is 2.24 bits per heavy atom. The topological polar surface area (TPSA) is 66.8 Å². The number of carboxylic acids is 1. The molecule has 130 valence electrons. The highest BCUT2D eigenvalue weighted by molar-refractivity contribution is 5.85. The molecule has 1 fully saturated rings. The van der Waals surface area contributed by atoms with E-state index in [0.717, 1.165) is 0 Å². The van der Waals surface area contributed by atoms with E-state index in [2.05, 4.69) is 0 Å². The van der Waals surface area contributed by atoms with E-state index in [1.807, 2.05) is 12.1 Å². The zero-order valence-corrected chi connectivity index (χ0v) is 13.5. The summed E-state index contributed by atoms with van der Waals surface area (Å²) >= 11 is 0. The lowest BCUT2D eigenvalue weighted by Crippen LogP contribution is -2.41. The van der Waals surface area contributed by atoms with E-state index in [1.54, 1.807) is 48.5 Å². The first kappa shape index (κ1) is 17.0. The van der Waals surface area contributed by atoms with E-state index in [9.17, 15) is 14.0 Å². The highest BCUT2D eigenvalue weighted by Crippen LogP contribution is 2.30. The third-order valence-electron chi connectivity index (χ3n) is 4.24. The first-order valence-electron chi connectivity index (χ1n) is 7.97. The Kier molecular flexibility index (Phi) is 4.70. The van der Waals surface area contributed by atoms with Crippen molar-refractivity contribution in [1.29, 1.82) is 0 Å². The fourth-order valence-corrected chi connectivity index (χ4v) is 2.83. The number of amides is 1. The van der Waals surface area contributed by atoms with Gasteiger partial charge in [-0.05, 0) is 12.1 Å². The third-order valence-corrected chi connectivity index (χ3v) is 4.24. The number of halogens is 1. The van der Waals surface area contributed by atoms with Crippen LogP contribution in [0.25, 0.3) is 0 Å². The minimum atomic E-state index is -2.40. The van der Waals surface area contributed by atoms with E-state index in [0.29, 0.717) is 11.3 Å². The summed E-state index contributed by atoms with van der Waals surface area (Å²) in [5.74, 6) is -1.48. The van der Waals surface area contributed by atoms with Gasteiger partial charge < -0.3 is 14.7 Å². The molecule has 6 heteroatoms. The molecule has 2 atom stereocenters. The molecular weight excluding hydrogens is 325 g/mol. The number of likely N-dealkylation sites (tertiary alicyclic amines) is 1. The largest absolute Gasteiger partial charge is 0.479 e. The zero-order valence-electron chi connectivity index (χ0n) is 13.5. The number of carbonyl (C=O) groups is 2. The lowest BCUT2D eigenvalue weighted by molar-refractivity contribution is -0.150. The summed E-state index contributed by atoms with van der Waals surface area (Å²) in [5.41, 5.74) is -1.77. The highest BCUT2D eigenvalue weighted by atomic mass is 19.1. The summed E-state index contributed by atoms with van der Waals surface area (Å²) < 4.78 is 20.1. The second-order valence-electron chi connectivity index (χ2n) is 6.00. The Hall–Kier alpha value is -2.89. The van der Waals surface area contributed by atoms with Crippen LogP contribution < -0.4 is 4.74 Å². The Bertz CT molecular complexity index is 753. The monoisotopic (exact) mass is 343 g/mol. The van der Waals surface area contributed by atoms with Crippen LogP contribution in [0.4, 0.5) is 4.39 Å². The minimum absolute atomic E-state index is 0.0448. The fourth-order valence-electron chi connectivity index (χ4n) is 2.83. The van der Waals surface area contributed by atoms with Gasteiger partial charge in [-0.2, -0.15) is 0 Å². The van der Waals surface area contributed by atoms with E-state index >= 15 is 0 Å². The Labute approximate surface area is 144 Å². The van der Waals surface area contributed by atoms with Crippen molar-refractivity contribution in [2.24, 2.45) is 0 Å². The van der Waals surface area contributed by atoms with Crippen molar-refractivity contribution in [3.05, 3.63) is 66.2 Å². The number of rotatable bonds is 5. The first-order chi connectivity index (χ1) is 12.0. The Balaban J connectivity index is 1.84. The molecule has 1 N–H and O–H groups in total. The second kappa shape index (κ2) is 6.93. The van der Waals surface area contributed by atoms with E-state index < -0.39 is 30.2 Å². The molecule has 25 heavy (non-hydrogen) atoms. The summed E-state index contributed by atoms with van der Waals surface area (Å²) in [4.78, 5) is 25.2. The maximum absolute atomic E-state index is 14.3. The maximum Gasteiger partial charge on any atom is 0.343 e. The maximum atomic E-state index is 14.3. The van der Waals surface area contributed by atoms with Crippen LogP contribution in [0.2, 0.25) is 0 Å². The fraction of sp³-hybridized carbons (Fsp3) is 0.263. The van der Waals surface area contributed by atoms with E-state index in [-0.39, 0.29) is 13.0 Å². The molecule has 0 saturated carbocycles. The highest BCUT2D eigenvalue weighted by Gasteiger charge is 2.48. The van der Waals surface area contributed by atoms with Crippen molar-refractivity contribution in [3.8, 4) is 5.75 Å². The van der Waals surface area contributed by atoms with Gasteiger partial charge in [0.2, 0.25) is 11.8 Å². The number of nitrogens with zero attached hydrogens (tertiary/aromatic N) is 1. The summed E-state index contributed by atoms with van der Waals surface area (Å²) in [5, 5.41) is 9.02. The van der Waals surface area contributed by atoms with E-state index in [1.165, 1.54) is 4.90 Å². The molecule has 1 saturated heterocycles. The number of benzene rings is 2. The molecular formula is C19H18FNO4. The van der Waals surface area contributed by atoms with Gasteiger partial charge in [0.1, 0.15) is 5.75 Å². The van der Waals surface area contributed by atoms with Crippen LogP contribution in [0, 0.1) is 0 Å². The van der Waals surface area contributed by atoms with Crippen molar-refractivity contribution in [3.63, 3.8) is 0 Å². The van der Waals surface area contributed by atoms with Crippen molar-refractivity contribution >= 4 is 11.9 Å². The molecule has 0 aliphatic carbocycles. The minimum Gasteiger partial charge on any atom is -0.479 e. The SMILES string of the molecule is O=C(C(Oc1ccccc1)c1ccccc1)N1CCC(F)(C(=O)O)C1. The number of carboxylic acid groups (broad SMARTS) is 1. The van der Waals surface area contributed by atoms with Crippen LogP contribution in [0.1, 0.15) is 18.1 Å².